The largest absolute Gasteiger partial charge is 0.497 e. The molecule has 0 bridgehead atoms. The van der Waals surface area contributed by atoms with E-state index in [0.717, 1.165) is 4.90 Å². The molecular weight excluding hydrogens is 410 g/mol. The first-order chi connectivity index (χ1) is 15.5. The summed E-state index contributed by atoms with van der Waals surface area (Å²) in [5.41, 5.74) is 1.95. The van der Waals surface area contributed by atoms with E-state index in [2.05, 4.69) is 0 Å². The topological polar surface area (TPSA) is 90.0 Å². The number of esters is 1. The first-order valence-corrected chi connectivity index (χ1v) is 9.86. The maximum absolute atomic E-state index is 12.6. The minimum absolute atomic E-state index is 0.0260. The molecule has 0 atom stereocenters. The molecule has 7 nitrogen and oxygen atoms in total. The van der Waals surface area contributed by atoms with Crippen LogP contribution in [0.1, 0.15) is 47.0 Å². The smallest absolute Gasteiger partial charge is 0.338 e. The zero-order valence-electron chi connectivity index (χ0n) is 17.2. The second-order valence-electron chi connectivity index (χ2n) is 7.17. The zero-order chi connectivity index (χ0) is 22.7. The van der Waals surface area contributed by atoms with E-state index in [1.807, 2.05) is 0 Å². The molecule has 0 unspecified atom stereocenters. The van der Waals surface area contributed by atoms with Gasteiger partial charge >= 0.3 is 5.97 Å². The molecule has 0 aromatic heterocycles. The maximum Gasteiger partial charge on any atom is 0.338 e. The molecule has 32 heavy (non-hydrogen) atoms. The van der Waals surface area contributed by atoms with Gasteiger partial charge in [-0.1, -0.05) is 24.3 Å². The number of rotatable bonds is 7. The fourth-order valence-corrected chi connectivity index (χ4v) is 3.44. The minimum Gasteiger partial charge on any atom is -0.497 e. The summed E-state index contributed by atoms with van der Waals surface area (Å²) in [5.74, 6) is -1.14. The highest BCUT2D eigenvalue weighted by Gasteiger charge is 2.35. The van der Waals surface area contributed by atoms with Crippen molar-refractivity contribution < 1.29 is 28.7 Å². The predicted molar refractivity (Wildman–Crippen MR) is 115 cm³/mol. The van der Waals surface area contributed by atoms with Crippen LogP contribution in [0.2, 0.25) is 0 Å². The van der Waals surface area contributed by atoms with Gasteiger partial charge in [0.2, 0.25) is 0 Å². The number of methoxy groups -OCH3 is 1. The highest BCUT2D eigenvalue weighted by Crippen LogP contribution is 2.24. The SMILES string of the molecule is COc1ccc(C(=O)COC(=O)c2cccc(CN3C(=O)c4ccccc4C3=O)c2)cc1. The molecule has 1 aliphatic rings. The van der Waals surface area contributed by atoms with Crippen LogP contribution >= 0.6 is 0 Å². The summed E-state index contributed by atoms with van der Waals surface area (Å²) in [6, 6.07) is 19.6. The summed E-state index contributed by atoms with van der Waals surface area (Å²) in [6.45, 7) is -0.383. The lowest BCUT2D eigenvalue weighted by Crippen LogP contribution is -2.29. The lowest BCUT2D eigenvalue weighted by molar-refractivity contribution is 0.0474. The molecular formula is C25H19NO6. The van der Waals surface area contributed by atoms with Crippen molar-refractivity contribution >= 4 is 23.6 Å². The lowest BCUT2D eigenvalue weighted by Gasteiger charge is -2.14. The Morgan fingerprint density at radius 2 is 1.47 bits per heavy atom. The lowest BCUT2D eigenvalue weighted by atomic mass is 10.1. The molecule has 7 heteroatoms. The van der Waals surface area contributed by atoms with Gasteiger partial charge in [-0.15, -0.1) is 0 Å². The van der Waals surface area contributed by atoms with Gasteiger partial charge in [0.1, 0.15) is 5.75 Å². The molecule has 2 amide bonds. The number of Topliss-reactive ketones (excluding diaryl/α,β-unsaturated/α-hetero) is 1. The molecule has 0 saturated heterocycles. The third-order valence-corrected chi connectivity index (χ3v) is 5.13. The standard InChI is InChI=1S/C25H19NO6/c1-31-19-11-9-17(10-12-19)22(27)15-32-25(30)18-6-4-5-16(13-18)14-26-23(28)20-7-2-3-8-21(20)24(26)29/h2-13H,14-15H2,1H3. The van der Waals surface area contributed by atoms with Gasteiger partial charge in [-0.3, -0.25) is 19.3 Å². The highest BCUT2D eigenvalue weighted by atomic mass is 16.5. The normalized spacial score (nSPS) is 12.5. The van der Waals surface area contributed by atoms with E-state index in [0.29, 0.717) is 28.0 Å². The molecule has 0 saturated carbocycles. The zero-order valence-corrected chi connectivity index (χ0v) is 17.2. The van der Waals surface area contributed by atoms with Crippen molar-refractivity contribution in [3.05, 3.63) is 101 Å². The molecule has 3 aromatic carbocycles. The first-order valence-electron chi connectivity index (χ1n) is 9.86. The molecule has 160 valence electrons. The summed E-state index contributed by atoms with van der Waals surface area (Å²) < 4.78 is 10.2. The van der Waals surface area contributed by atoms with Gasteiger partial charge in [0, 0.05) is 5.56 Å². The summed E-state index contributed by atoms with van der Waals surface area (Å²) in [6.07, 6.45) is 0. The Kier molecular flexibility index (Phi) is 5.81. The van der Waals surface area contributed by atoms with Crippen LogP contribution in [-0.4, -0.2) is 42.2 Å². The first kappa shape index (κ1) is 21.0. The number of hydrogen-bond acceptors (Lipinski definition) is 6. The fraction of sp³-hybridized carbons (Fsp3) is 0.120. The number of fused-ring (bicyclic) bond motifs is 1. The average molecular weight is 429 g/mol. The number of ether oxygens (including phenoxy) is 2. The van der Waals surface area contributed by atoms with Crippen molar-refractivity contribution in [2.75, 3.05) is 13.7 Å². The predicted octanol–water partition coefficient (Wildman–Crippen LogP) is 3.53. The van der Waals surface area contributed by atoms with Gasteiger partial charge in [-0.2, -0.15) is 0 Å². The summed E-state index contributed by atoms with van der Waals surface area (Å²) in [5, 5.41) is 0. The quantitative estimate of drug-likeness (QED) is 0.324. The van der Waals surface area contributed by atoms with E-state index in [1.165, 1.54) is 7.11 Å². The number of hydrogen-bond donors (Lipinski definition) is 0. The van der Waals surface area contributed by atoms with Crippen LogP contribution in [0.25, 0.3) is 0 Å². The average Bonchev–Trinajstić information content (AvgIpc) is 3.07. The van der Waals surface area contributed by atoms with Crippen molar-refractivity contribution in [3.63, 3.8) is 0 Å². The molecule has 0 aliphatic carbocycles. The number of benzene rings is 3. The molecule has 0 fully saturated rings. The van der Waals surface area contributed by atoms with E-state index in [4.69, 9.17) is 9.47 Å². The van der Waals surface area contributed by atoms with E-state index < -0.39 is 12.6 Å². The van der Waals surface area contributed by atoms with Gasteiger partial charge in [-0.25, -0.2) is 4.79 Å². The number of carbonyl (C=O) groups excluding carboxylic acids is 4. The Bertz CT molecular complexity index is 1180. The van der Waals surface area contributed by atoms with Crippen LogP contribution in [0.5, 0.6) is 5.75 Å². The number of ketones is 1. The van der Waals surface area contributed by atoms with Crippen molar-refractivity contribution in [1.82, 2.24) is 4.90 Å². The Labute approximate surface area is 184 Å². The van der Waals surface area contributed by atoms with Gasteiger partial charge < -0.3 is 9.47 Å². The van der Waals surface area contributed by atoms with Crippen LogP contribution in [-0.2, 0) is 11.3 Å². The van der Waals surface area contributed by atoms with E-state index in [1.54, 1.807) is 72.8 Å². The number of nitrogens with zero attached hydrogens (tertiary/aromatic N) is 1. The summed E-state index contributed by atoms with van der Waals surface area (Å²) in [4.78, 5) is 50.9. The van der Waals surface area contributed by atoms with Gasteiger partial charge in [0.25, 0.3) is 11.8 Å². The number of carbonyl (C=O) groups is 4. The van der Waals surface area contributed by atoms with E-state index in [9.17, 15) is 19.2 Å². The number of imide groups is 1. The molecule has 3 aromatic rings. The van der Waals surface area contributed by atoms with Crippen LogP contribution in [0.4, 0.5) is 0 Å². The minimum atomic E-state index is -0.670. The van der Waals surface area contributed by atoms with Gasteiger partial charge in [-0.05, 0) is 54.1 Å². The van der Waals surface area contributed by atoms with Gasteiger partial charge in [0.15, 0.2) is 12.4 Å². The van der Waals surface area contributed by atoms with Crippen molar-refractivity contribution in [1.29, 1.82) is 0 Å². The Hall–Kier alpha value is -4.26. The molecule has 0 radical (unpaired) electrons. The van der Waals surface area contributed by atoms with Crippen LogP contribution in [0.15, 0.2) is 72.8 Å². The van der Waals surface area contributed by atoms with Gasteiger partial charge in [0.05, 0.1) is 30.3 Å². The van der Waals surface area contributed by atoms with Crippen LogP contribution < -0.4 is 4.74 Å². The van der Waals surface area contributed by atoms with Crippen molar-refractivity contribution in [2.24, 2.45) is 0 Å². The molecule has 0 spiro atoms. The monoisotopic (exact) mass is 429 g/mol. The fourth-order valence-electron chi connectivity index (χ4n) is 3.44. The molecule has 0 N–H and O–H groups in total. The third kappa shape index (κ3) is 4.13. The van der Waals surface area contributed by atoms with Crippen molar-refractivity contribution in [2.45, 2.75) is 6.54 Å². The van der Waals surface area contributed by atoms with Crippen molar-refractivity contribution in [3.8, 4) is 5.75 Å². The summed E-state index contributed by atoms with van der Waals surface area (Å²) in [7, 11) is 1.53. The number of amides is 2. The highest BCUT2D eigenvalue weighted by molar-refractivity contribution is 6.21. The Morgan fingerprint density at radius 1 is 0.812 bits per heavy atom. The summed E-state index contributed by atoms with van der Waals surface area (Å²) >= 11 is 0. The molecule has 1 heterocycles. The second kappa shape index (κ2) is 8.85. The maximum atomic E-state index is 12.6. The van der Waals surface area contributed by atoms with E-state index in [-0.39, 0.29) is 29.7 Å². The second-order valence-corrected chi connectivity index (χ2v) is 7.17. The third-order valence-electron chi connectivity index (χ3n) is 5.13. The Balaban J connectivity index is 1.40. The molecule has 1 aliphatic heterocycles. The Morgan fingerprint density at radius 3 is 2.09 bits per heavy atom. The molecule has 4 rings (SSSR count). The van der Waals surface area contributed by atoms with Crippen LogP contribution in [0, 0.1) is 0 Å². The van der Waals surface area contributed by atoms with Crippen LogP contribution in [0.3, 0.4) is 0 Å². The van der Waals surface area contributed by atoms with E-state index >= 15 is 0 Å².